The van der Waals surface area contributed by atoms with Gasteiger partial charge in [0.1, 0.15) is 23.6 Å². The molecule has 0 aromatic rings. The Morgan fingerprint density at radius 2 is 1.04 bits per heavy atom. The quantitative estimate of drug-likeness (QED) is 0.139. The minimum Gasteiger partial charge on any atom is -0.347 e. The lowest BCUT2D eigenvalue weighted by molar-refractivity contribution is -0.144. The summed E-state index contributed by atoms with van der Waals surface area (Å²) in [6.45, 7) is 4.46. The maximum atomic E-state index is 12.4. The number of rotatable bonds is 21. The summed E-state index contributed by atoms with van der Waals surface area (Å²) in [6, 6.07) is 0. The third-order valence-corrected chi connectivity index (χ3v) is 5.77. The van der Waals surface area contributed by atoms with Crippen LogP contribution in [0.1, 0.15) is 136 Å². The highest BCUT2D eigenvalue weighted by molar-refractivity contribution is 6.15. The normalized spacial score (nSPS) is 12.1. The Kier molecular flexibility index (Phi) is 20.7. The fourth-order valence-corrected chi connectivity index (χ4v) is 3.84. The van der Waals surface area contributed by atoms with Gasteiger partial charge in [-0.3, -0.25) is 4.79 Å². The van der Waals surface area contributed by atoms with Crippen molar-refractivity contribution in [1.82, 2.24) is 0 Å². The van der Waals surface area contributed by atoms with Gasteiger partial charge >= 0.3 is 5.97 Å². The lowest BCUT2D eigenvalue weighted by Gasteiger charge is -2.12. The number of halogens is 1. The molecule has 0 N–H and O–H groups in total. The van der Waals surface area contributed by atoms with Crippen molar-refractivity contribution < 1.29 is 13.9 Å². The van der Waals surface area contributed by atoms with Crippen LogP contribution in [-0.4, -0.2) is 11.8 Å². The van der Waals surface area contributed by atoms with Crippen LogP contribution in [0.25, 0.3) is 0 Å². The van der Waals surface area contributed by atoms with Gasteiger partial charge in [0.25, 0.3) is 0 Å². The highest BCUT2D eigenvalue weighted by Crippen LogP contribution is 2.19. The lowest BCUT2D eigenvalue weighted by atomic mass is 9.93. The first kappa shape index (κ1) is 27.4. The van der Waals surface area contributed by atoms with Crippen molar-refractivity contribution in [2.75, 3.05) is 0 Å². The molecule has 28 heavy (non-hydrogen) atoms. The van der Waals surface area contributed by atoms with Gasteiger partial charge in [-0.15, -0.1) is 0 Å². The SMILES string of the molecule is CCCCCCCCCCCC(=O)C(CCCCCCCCCC)C(=O)OCl. The van der Waals surface area contributed by atoms with Crippen molar-refractivity contribution in [3.63, 3.8) is 0 Å². The molecule has 0 aliphatic carbocycles. The van der Waals surface area contributed by atoms with Crippen molar-refractivity contribution >= 4 is 23.6 Å². The van der Waals surface area contributed by atoms with E-state index in [1.807, 2.05) is 0 Å². The van der Waals surface area contributed by atoms with Gasteiger partial charge in [0.05, 0.1) is 0 Å². The summed E-state index contributed by atoms with van der Waals surface area (Å²) in [6.07, 6.45) is 21.6. The van der Waals surface area contributed by atoms with Crippen molar-refractivity contribution in [3.8, 4) is 0 Å². The summed E-state index contributed by atoms with van der Waals surface area (Å²) in [5.74, 6) is -1.21. The number of Topliss-reactive ketones (excluding diaryl/α,β-unsaturated/α-hetero) is 1. The lowest BCUT2D eigenvalue weighted by Crippen LogP contribution is -2.24. The fourth-order valence-electron chi connectivity index (χ4n) is 3.73. The van der Waals surface area contributed by atoms with Crippen LogP contribution in [0.5, 0.6) is 0 Å². The van der Waals surface area contributed by atoms with Gasteiger partial charge in [-0.2, -0.15) is 0 Å². The zero-order valence-electron chi connectivity index (χ0n) is 18.6. The molecule has 0 spiro atoms. The zero-order chi connectivity index (χ0) is 20.9. The predicted molar refractivity (Wildman–Crippen MR) is 120 cm³/mol. The Morgan fingerprint density at radius 3 is 1.46 bits per heavy atom. The summed E-state index contributed by atoms with van der Waals surface area (Å²) in [5, 5.41) is 0. The van der Waals surface area contributed by atoms with Crippen LogP contribution < -0.4 is 0 Å². The number of ketones is 1. The number of hydrogen-bond acceptors (Lipinski definition) is 3. The second kappa shape index (κ2) is 21.1. The number of hydrogen-bond donors (Lipinski definition) is 0. The van der Waals surface area contributed by atoms with Gasteiger partial charge in [-0.05, 0) is 12.8 Å². The summed E-state index contributed by atoms with van der Waals surface area (Å²) >= 11 is 5.25. The Labute approximate surface area is 179 Å². The van der Waals surface area contributed by atoms with Crippen LogP contribution >= 0.6 is 11.9 Å². The third kappa shape index (κ3) is 16.4. The van der Waals surface area contributed by atoms with E-state index in [1.165, 1.54) is 83.5 Å². The molecule has 0 saturated heterocycles. The van der Waals surface area contributed by atoms with Crippen molar-refractivity contribution in [2.45, 2.75) is 136 Å². The van der Waals surface area contributed by atoms with E-state index >= 15 is 0 Å². The molecular formula is C24H45ClO3. The van der Waals surface area contributed by atoms with Crippen molar-refractivity contribution in [2.24, 2.45) is 5.92 Å². The Morgan fingerprint density at radius 1 is 0.643 bits per heavy atom. The first-order chi connectivity index (χ1) is 13.7. The van der Waals surface area contributed by atoms with Gasteiger partial charge in [0, 0.05) is 6.42 Å². The van der Waals surface area contributed by atoms with E-state index in [1.54, 1.807) is 0 Å². The molecule has 1 atom stereocenters. The molecule has 0 aromatic heterocycles. The van der Waals surface area contributed by atoms with Gasteiger partial charge < -0.3 is 4.29 Å². The third-order valence-electron chi connectivity index (χ3n) is 5.62. The molecule has 0 radical (unpaired) electrons. The maximum Gasteiger partial charge on any atom is 0.335 e. The molecule has 0 aromatic carbocycles. The molecule has 166 valence electrons. The largest absolute Gasteiger partial charge is 0.347 e. The molecule has 0 aliphatic rings. The summed E-state index contributed by atoms with van der Waals surface area (Å²) < 4.78 is 4.36. The molecule has 0 bridgehead atoms. The van der Waals surface area contributed by atoms with Gasteiger partial charge in [0.2, 0.25) is 0 Å². The monoisotopic (exact) mass is 416 g/mol. The Bertz CT molecular complexity index is 371. The minimum absolute atomic E-state index is 0.0107. The summed E-state index contributed by atoms with van der Waals surface area (Å²) in [7, 11) is 0. The zero-order valence-corrected chi connectivity index (χ0v) is 19.4. The minimum atomic E-state index is -0.661. The van der Waals surface area contributed by atoms with E-state index in [4.69, 9.17) is 11.9 Å². The Balaban J connectivity index is 3.84. The second-order valence-corrected chi connectivity index (χ2v) is 8.41. The van der Waals surface area contributed by atoms with Crippen LogP contribution in [0.15, 0.2) is 0 Å². The van der Waals surface area contributed by atoms with Crippen LogP contribution in [0.3, 0.4) is 0 Å². The average molecular weight is 417 g/mol. The molecule has 0 saturated carbocycles. The molecule has 0 amide bonds. The van der Waals surface area contributed by atoms with Crippen molar-refractivity contribution in [1.29, 1.82) is 0 Å². The highest BCUT2D eigenvalue weighted by Gasteiger charge is 2.27. The summed E-state index contributed by atoms with van der Waals surface area (Å²) in [5.41, 5.74) is 0. The van der Waals surface area contributed by atoms with E-state index in [0.717, 1.165) is 25.7 Å². The van der Waals surface area contributed by atoms with Crippen LogP contribution in [0.2, 0.25) is 0 Å². The molecule has 3 nitrogen and oxygen atoms in total. The van der Waals surface area contributed by atoms with Gasteiger partial charge in [-0.1, -0.05) is 117 Å². The summed E-state index contributed by atoms with van der Waals surface area (Å²) in [4.78, 5) is 24.3. The number of carbonyl (C=O) groups excluding carboxylic acids is 2. The average Bonchev–Trinajstić information content (AvgIpc) is 2.70. The molecule has 0 heterocycles. The first-order valence-corrected chi connectivity index (χ1v) is 12.3. The molecule has 0 rings (SSSR count). The van der Waals surface area contributed by atoms with Crippen LogP contribution in [0, 0.1) is 5.92 Å². The second-order valence-electron chi connectivity index (χ2n) is 8.26. The van der Waals surface area contributed by atoms with Crippen LogP contribution in [-0.2, 0) is 13.9 Å². The highest BCUT2D eigenvalue weighted by atomic mass is 35.5. The molecule has 1 unspecified atom stereocenters. The predicted octanol–water partition coefficient (Wildman–Crippen LogP) is 8.32. The molecular weight excluding hydrogens is 372 g/mol. The number of carbonyl (C=O) groups is 2. The van der Waals surface area contributed by atoms with E-state index in [0.29, 0.717) is 12.8 Å². The van der Waals surface area contributed by atoms with E-state index < -0.39 is 11.9 Å². The van der Waals surface area contributed by atoms with Crippen LogP contribution in [0.4, 0.5) is 0 Å². The standard InChI is InChI=1S/C24H45ClO3/c1-3-5-7-9-11-13-15-17-19-21-23(26)22(24(27)28-25)20-18-16-14-12-10-8-6-4-2/h22H,3-21H2,1-2H3. The number of unbranched alkanes of at least 4 members (excludes halogenated alkanes) is 15. The van der Waals surface area contributed by atoms with E-state index in [-0.39, 0.29) is 5.78 Å². The molecule has 4 heteroatoms. The smallest absolute Gasteiger partial charge is 0.335 e. The topological polar surface area (TPSA) is 43.4 Å². The van der Waals surface area contributed by atoms with Gasteiger partial charge in [0.15, 0.2) is 0 Å². The van der Waals surface area contributed by atoms with Crippen molar-refractivity contribution in [3.05, 3.63) is 0 Å². The van der Waals surface area contributed by atoms with Gasteiger partial charge in [-0.25, -0.2) is 4.79 Å². The molecule has 0 fully saturated rings. The Hall–Kier alpha value is -0.570. The molecule has 0 aliphatic heterocycles. The first-order valence-electron chi connectivity index (χ1n) is 12.0. The maximum absolute atomic E-state index is 12.4. The van der Waals surface area contributed by atoms with E-state index in [9.17, 15) is 9.59 Å². The van der Waals surface area contributed by atoms with E-state index in [2.05, 4.69) is 18.1 Å². The fraction of sp³-hybridized carbons (Fsp3) is 0.917.